The molecule has 154 valence electrons. The molecule has 1 saturated heterocycles. The highest BCUT2D eigenvalue weighted by atomic mass is 32.1. The molecule has 0 aliphatic carbocycles. The molecule has 3 amide bonds. The fraction of sp³-hybridized carbons (Fsp3) is 0.261. The molecule has 3 aromatic rings. The second-order valence-corrected chi connectivity index (χ2v) is 8.56. The van der Waals surface area contributed by atoms with Crippen LogP contribution in [0.1, 0.15) is 47.2 Å². The Kier molecular flexibility index (Phi) is 5.55. The van der Waals surface area contributed by atoms with E-state index in [4.69, 9.17) is 4.42 Å². The first-order chi connectivity index (χ1) is 14.5. The van der Waals surface area contributed by atoms with Crippen LogP contribution in [0.2, 0.25) is 0 Å². The van der Waals surface area contributed by atoms with Crippen LogP contribution in [0.4, 0.5) is 5.69 Å². The van der Waals surface area contributed by atoms with Crippen molar-refractivity contribution in [2.24, 2.45) is 0 Å². The van der Waals surface area contributed by atoms with E-state index >= 15 is 0 Å². The van der Waals surface area contributed by atoms with Gasteiger partial charge in [0.1, 0.15) is 6.04 Å². The van der Waals surface area contributed by atoms with Crippen molar-refractivity contribution in [2.45, 2.75) is 38.8 Å². The van der Waals surface area contributed by atoms with Gasteiger partial charge in [-0.05, 0) is 47.2 Å². The first-order valence-electron chi connectivity index (χ1n) is 9.79. The van der Waals surface area contributed by atoms with Gasteiger partial charge >= 0.3 is 0 Å². The second kappa shape index (κ2) is 8.28. The van der Waals surface area contributed by atoms with Gasteiger partial charge in [0.05, 0.1) is 24.9 Å². The zero-order valence-electron chi connectivity index (χ0n) is 16.8. The Balaban J connectivity index is 1.63. The van der Waals surface area contributed by atoms with E-state index in [9.17, 15) is 14.4 Å². The lowest BCUT2D eigenvalue weighted by Gasteiger charge is -2.26. The van der Waals surface area contributed by atoms with Crippen LogP contribution in [-0.2, 0) is 16.1 Å². The molecule has 7 heteroatoms. The molecule has 6 nitrogen and oxygen atoms in total. The van der Waals surface area contributed by atoms with Crippen LogP contribution in [0.15, 0.2) is 64.6 Å². The van der Waals surface area contributed by atoms with E-state index in [0.29, 0.717) is 11.6 Å². The third-order valence-electron chi connectivity index (χ3n) is 5.22. The quantitative estimate of drug-likeness (QED) is 0.551. The van der Waals surface area contributed by atoms with Gasteiger partial charge in [0.2, 0.25) is 5.91 Å². The van der Waals surface area contributed by atoms with E-state index in [-0.39, 0.29) is 24.6 Å². The number of hydrogen-bond donors (Lipinski definition) is 0. The van der Waals surface area contributed by atoms with E-state index < -0.39 is 17.9 Å². The molecule has 3 heterocycles. The van der Waals surface area contributed by atoms with Crippen molar-refractivity contribution >= 4 is 34.7 Å². The maximum atomic E-state index is 13.3. The summed E-state index contributed by atoms with van der Waals surface area (Å²) in [5.74, 6) is -0.619. The van der Waals surface area contributed by atoms with E-state index in [1.165, 1.54) is 27.4 Å². The highest BCUT2D eigenvalue weighted by Crippen LogP contribution is 2.29. The van der Waals surface area contributed by atoms with Gasteiger partial charge in [0.15, 0.2) is 5.76 Å². The number of imide groups is 1. The van der Waals surface area contributed by atoms with Crippen molar-refractivity contribution in [3.05, 3.63) is 76.4 Å². The lowest BCUT2D eigenvalue weighted by atomic mass is 10.0. The predicted molar refractivity (Wildman–Crippen MR) is 114 cm³/mol. The van der Waals surface area contributed by atoms with Gasteiger partial charge in [-0.15, -0.1) is 11.3 Å². The van der Waals surface area contributed by atoms with Crippen LogP contribution in [0, 0.1) is 0 Å². The Labute approximate surface area is 178 Å². The van der Waals surface area contributed by atoms with Crippen LogP contribution < -0.4 is 4.90 Å². The molecule has 0 radical (unpaired) electrons. The molecule has 1 fully saturated rings. The molecule has 1 aliphatic rings. The maximum absolute atomic E-state index is 13.3. The minimum Gasteiger partial charge on any atom is -0.459 e. The zero-order valence-corrected chi connectivity index (χ0v) is 17.6. The predicted octanol–water partition coefficient (Wildman–Crippen LogP) is 4.44. The Bertz CT molecular complexity index is 1040. The second-order valence-electron chi connectivity index (χ2n) is 7.52. The first-order valence-corrected chi connectivity index (χ1v) is 10.7. The van der Waals surface area contributed by atoms with Crippen molar-refractivity contribution in [1.29, 1.82) is 0 Å². The number of anilines is 1. The minimum absolute atomic E-state index is 0.0530. The van der Waals surface area contributed by atoms with Gasteiger partial charge in [0.25, 0.3) is 11.8 Å². The van der Waals surface area contributed by atoms with Crippen molar-refractivity contribution < 1.29 is 18.8 Å². The van der Waals surface area contributed by atoms with Gasteiger partial charge in [-0.3, -0.25) is 14.4 Å². The number of furan rings is 1. The smallest absolute Gasteiger partial charge is 0.290 e. The largest absolute Gasteiger partial charge is 0.459 e. The summed E-state index contributed by atoms with van der Waals surface area (Å²) in [7, 11) is 0. The van der Waals surface area contributed by atoms with Gasteiger partial charge in [-0.1, -0.05) is 32.0 Å². The molecular weight excluding hydrogens is 400 g/mol. The van der Waals surface area contributed by atoms with Crippen LogP contribution in [0.5, 0.6) is 0 Å². The third kappa shape index (κ3) is 3.80. The number of benzene rings is 1. The molecule has 4 rings (SSSR count). The first kappa shape index (κ1) is 20.1. The van der Waals surface area contributed by atoms with E-state index in [2.05, 4.69) is 13.8 Å². The average Bonchev–Trinajstić information content (AvgIpc) is 3.48. The minimum atomic E-state index is -0.873. The molecule has 2 aromatic heterocycles. The van der Waals surface area contributed by atoms with Crippen LogP contribution >= 0.6 is 11.3 Å². The number of carbonyl (C=O) groups excluding carboxylic acids is 3. The Morgan fingerprint density at radius 1 is 1.17 bits per heavy atom. The molecule has 0 spiro atoms. The Morgan fingerprint density at radius 2 is 1.93 bits per heavy atom. The molecule has 1 aliphatic heterocycles. The van der Waals surface area contributed by atoms with Crippen molar-refractivity contribution in [2.75, 3.05) is 4.90 Å². The monoisotopic (exact) mass is 422 g/mol. The Morgan fingerprint density at radius 3 is 2.53 bits per heavy atom. The summed E-state index contributed by atoms with van der Waals surface area (Å²) < 4.78 is 5.27. The van der Waals surface area contributed by atoms with E-state index in [0.717, 1.165) is 10.4 Å². The zero-order chi connectivity index (χ0) is 21.3. The van der Waals surface area contributed by atoms with Crippen molar-refractivity contribution in [1.82, 2.24) is 4.90 Å². The van der Waals surface area contributed by atoms with Crippen LogP contribution in [-0.4, -0.2) is 28.7 Å². The summed E-state index contributed by atoms with van der Waals surface area (Å²) in [5, 5.41) is 1.91. The van der Waals surface area contributed by atoms with E-state index in [1.54, 1.807) is 24.3 Å². The van der Waals surface area contributed by atoms with Crippen molar-refractivity contribution in [3.8, 4) is 0 Å². The van der Waals surface area contributed by atoms with Crippen molar-refractivity contribution in [3.63, 3.8) is 0 Å². The number of rotatable bonds is 6. The molecule has 1 atom stereocenters. The summed E-state index contributed by atoms with van der Waals surface area (Å²) in [6.07, 6.45) is 1.36. The summed E-state index contributed by atoms with van der Waals surface area (Å²) in [5.41, 5.74) is 1.65. The highest BCUT2D eigenvalue weighted by molar-refractivity contribution is 7.09. The Hall–Kier alpha value is -3.19. The number of carbonyl (C=O) groups is 3. The molecule has 0 N–H and O–H groups in total. The van der Waals surface area contributed by atoms with Gasteiger partial charge < -0.3 is 9.32 Å². The normalized spacial score (nSPS) is 16.5. The maximum Gasteiger partial charge on any atom is 0.290 e. The SMILES string of the molecule is CC(C)c1ccc(N2C(=O)CC(N(Cc3cccs3)C(=O)c3ccco3)C2=O)cc1. The summed E-state index contributed by atoms with van der Waals surface area (Å²) >= 11 is 1.49. The summed E-state index contributed by atoms with van der Waals surface area (Å²) in [4.78, 5) is 42.7. The van der Waals surface area contributed by atoms with Gasteiger partial charge in [-0.2, -0.15) is 0 Å². The molecule has 1 unspecified atom stereocenters. The fourth-order valence-corrected chi connectivity index (χ4v) is 4.28. The van der Waals surface area contributed by atoms with Gasteiger partial charge in [-0.25, -0.2) is 4.90 Å². The number of nitrogens with zero attached hydrogens (tertiary/aromatic N) is 2. The third-order valence-corrected chi connectivity index (χ3v) is 6.08. The number of thiophene rings is 1. The van der Waals surface area contributed by atoms with E-state index in [1.807, 2.05) is 29.6 Å². The molecule has 30 heavy (non-hydrogen) atoms. The average molecular weight is 423 g/mol. The summed E-state index contributed by atoms with van der Waals surface area (Å²) in [6.45, 7) is 4.40. The number of amides is 3. The summed E-state index contributed by atoms with van der Waals surface area (Å²) in [6, 6.07) is 13.5. The molecule has 0 saturated carbocycles. The van der Waals surface area contributed by atoms with Crippen LogP contribution in [0.3, 0.4) is 0 Å². The fourth-order valence-electron chi connectivity index (χ4n) is 3.57. The standard InChI is InChI=1S/C23H22N2O4S/c1-15(2)16-7-9-17(10-8-16)25-21(26)13-19(22(25)27)24(14-18-5-4-12-30-18)23(28)20-6-3-11-29-20/h3-12,15,19H,13-14H2,1-2H3. The molecule has 1 aromatic carbocycles. The van der Waals surface area contributed by atoms with Gasteiger partial charge in [0, 0.05) is 4.88 Å². The van der Waals surface area contributed by atoms with Crippen LogP contribution in [0.25, 0.3) is 0 Å². The molecular formula is C23H22N2O4S. The molecule has 0 bridgehead atoms. The highest BCUT2D eigenvalue weighted by Gasteiger charge is 2.45. The lowest BCUT2D eigenvalue weighted by Crippen LogP contribution is -2.44. The lowest BCUT2D eigenvalue weighted by molar-refractivity contribution is -0.122. The number of hydrogen-bond acceptors (Lipinski definition) is 5. The topological polar surface area (TPSA) is 70.8 Å².